The molecule has 0 fully saturated rings. The number of halogens is 2. The van der Waals surface area contributed by atoms with Gasteiger partial charge < -0.3 is 9.47 Å². The maximum absolute atomic E-state index is 12.2. The average Bonchev–Trinajstić information content (AvgIpc) is 2.80. The van der Waals surface area contributed by atoms with Gasteiger partial charge in [-0.15, -0.1) is 0 Å². The Kier molecular flexibility index (Phi) is 9.57. The number of rotatable bonds is 10. The van der Waals surface area contributed by atoms with Crippen LogP contribution in [0.3, 0.4) is 0 Å². The van der Waals surface area contributed by atoms with Crippen LogP contribution in [0.2, 0.25) is 5.02 Å². The molecule has 3 aromatic carbocycles. The second kappa shape index (κ2) is 12.6. The lowest BCUT2D eigenvalue weighted by Gasteiger charge is -2.15. The quantitative estimate of drug-likeness (QED) is 0.178. The number of carbonyl (C=O) groups excluding carboxylic acids is 1. The fourth-order valence-electron chi connectivity index (χ4n) is 3.10. The summed E-state index contributed by atoms with van der Waals surface area (Å²) >= 11 is 8.16. The molecule has 0 saturated heterocycles. The lowest BCUT2D eigenvalue weighted by Crippen LogP contribution is -2.19. The van der Waals surface area contributed by atoms with E-state index in [1.54, 1.807) is 6.21 Å². The highest BCUT2D eigenvalue weighted by molar-refractivity contribution is 14.1. The van der Waals surface area contributed by atoms with Gasteiger partial charge in [0.05, 0.1) is 22.8 Å². The smallest absolute Gasteiger partial charge is 0.244 e. The van der Waals surface area contributed by atoms with Crippen molar-refractivity contribution in [3.8, 4) is 11.5 Å². The first-order valence-corrected chi connectivity index (χ1v) is 12.2. The van der Waals surface area contributed by atoms with Crippen LogP contribution in [0.4, 0.5) is 0 Å². The summed E-state index contributed by atoms with van der Waals surface area (Å²) in [7, 11) is 0. The van der Waals surface area contributed by atoms with E-state index >= 15 is 0 Å². The van der Waals surface area contributed by atoms with Gasteiger partial charge in [0.15, 0.2) is 11.5 Å². The van der Waals surface area contributed by atoms with Gasteiger partial charge in [-0.3, -0.25) is 4.79 Å². The zero-order valence-corrected chi connectivity index (χ0v) is 21.5. The number of nitrogens with one attached hydrogen (secondary N) is 1. The van der Waals surface area contributed by atoms with Crippen molar-refractivity contribution in [3.05, 3.63) is 91.5 Å². The van der Waals surface area contributed by atoms with E-state index in [1.165, 1.54) is 5.56 Å². The van der Waals surface area contributed by atoms with Crippen LogP contribution in [0, 0.1) is 3.57 Å². The fraction of sp³-hybridized carbons (Fsp3) is 0.231. The second-order valence-electron chi connectivity index (χ2n) is 7.32. The van der Waals surface area contributed by atoms with E-state index in [9.17, 15) is 4.79 Å². The Morgan fingerprint density at radius 2 is 1.67 bits per heavy atom. The summed E-state index contributed by atoms with van der Waals surface area (Å²) < 4.78 is 12.7. The molecule has 172 valence electrons. The SMILES string of the molecule is CCOc1cc(/C=N/NC(=O)Cc2ccc(CC)cc2)cc(I)c1OCc1ccc(Cl)cc1. The number of aryl methyl sites for hydroxylation is 1. The van der Waals surface area contributed by atoms with Crippen LogP contribution >= 0.6 is 34.2 Å². The standard InChI is InChI=1S/C26H26ClIN2O3/c1-3-18-5-7-19(8-6-18)15-25(31)30-29-16-21-13-23(28)26(24(14-21)32-4-2)33-17-20-9-11-22(27)12-10-20/h5-14,16H,3-4,15,17H2,1-2H3,(H,30,31)/b29-16+. The topological polar surface area (TPSA) is 59.9 Å². The second-order valence-corrected chi connectivity index (χ2v) is 8.92. The molecule has 0 unspecified atom stereocenters. The molecule has 0 bridgehead atoms. The van der Waals surface area contributed by atoms with E-state index in [1.807, 2.05) is 67.6 Å². The molecule has 0 aliphatic rings. The highest BCUT2D eigenvalue weighted by Gasteiger charge is 2.12. The van der Waals surface area contributed by atoms with Gasteiger partial charge in [0.25, 0.3) is 0 Å². The molecule has 0 aliphatic heterocycles. The third-order valence-corrected chi connectivity index (χ3v) is 5.88. The molecule has 1 amide bonds. The van der Waals surface area contributed by atoms with E-state index in [2.05, 4.69) is 40.0 Å². The molecule has 0 radical (unpaired) electrons. The Hall–Kier alpha value is -2.58. The average molecular weight is 577 g/mol. The van der Waals surface area contributed by atoms with Crippen LogP contribution in [0.5, 0.6) is 11.5 Å². The van der Waals surface area contributed by atoms with E-state index in [0.29, 0.717) is 29.7 Å². The summed E-state index contributed by atoms with van der Waals surface area (Å²) in [6.07, 6.45) is 2.86. The lowest BCUT2D eigenvalue weighted by atomic mass is 10.1. The molecule has 5 nitrogen and oxygen atoms in total. The zero-order chi connectivity index (χ0) is 23.6. The minimum absolute atomic E-state index is 0.168. The fourth-order valence-corrected chi connectivity index (χ4v) is 4.01. The number of amides is 1. The highest BCUT2D eigenvalue weighted by Crippen LogP contribution is 2.34. The first-order chi connectivity index (χ1) is 16.0. The zero-order valence-electron chi connectivity index (χ0n) is 18.6. The molecule has 0 spiro atoms. The normalized spacial score (nSPS) is 10.9. The van der Waals surface area contributed by atoms with Crippen LogP contribution in [-0.2, 0) is 24.2 Å². The molecule has 7 heteroatoms. The Balaban J connectivity index is 1.63. The number of hydrogen-bond donors (Lipinski definition) is 1. The predicted molar refractivity (Wildman–Crippen MR) is 141 cm³/mol. The van der Waals surface area contributed by atoms with Crippen molar-refractivity contribution in [1.29, 1.82) is 0 Å². The first kappa shape index (κ1) is 25.1. The Bertz CT molecular complexity index is 1100. The van der Waals surface area contributed by atoms with Gasteiger partial charge in [-0.25, -0.2) is 5.43 Å². The van der Waals surface area contributed by atoms with Crippen molar-refractivity contribution in [3.63, 3.8) is 0 Å². The van der Waals surface area contributed by atoms with E-state index in [-0.39, 0.29) is 12.3 Å². The van der Waals surface area contributed by atoms with Crippen LogP contribution in [0.15, 0.2) is 65.8 Å². The van der Waals surface area contributed by atoms with Gasteiger partial charge in [0.2, 0.25) is 5.91 Å². The lowest BCUT2D eigenvalue weighted by molar-refractivity contribution is -0.120. The molecule has 0 saturated carbocycles. The van der Waals surface area contributed by atoms with E-state index < -0.39 is 0 Å². The minimum Gasteiger partial charge on any atom is -0.490 e. The summed E-state index contributed by atoms with van der Waals surface area (Å²) in [5.74, 6) is 1.13. The molecule has 1 N–H and O–H groups in total. The summed E-state index contributed by atoms with van der Waals surface area (Å²) in [5.41, 5.74) is 6.60. The van der Waals surface area contributed by atoms with Gasteiger partial charge in [0, 0.05) is 5.02 Å². The van der Waals surface area contributed by atoms with Crippen LogP contribution in [0.25, 0.3) is 0 Å². The third kappa shape index (κ3) is 7.75. The number of carbonyl (C=O) groups is 1. The number of benzene rings is 3. The van der Waals surface area contributed by atoms with Crippen LogP contribution < -0.4 is 14.9 Å². The molecule has 0 aliphatic carbocycles. The molecular formula is C26H26ClIN2O3. The number of ether oxygens (including phenoxy) is 2. The van der Waals surface area contributed by atoms with Crippen molar-refractivity contribution in [1.82, 2.24) is 5.43 Å². The maximum atomic E-state index is 12.2. The van der Waals surface area contributed by atoms with Crippen molar-refractivity contribution >= 4 is 46.3 Å². The Morgan fingerprint density at radius 1 is 1.00 bits per heavy atom. The van der Waals surface area contributed by atoms with E-state index in [4.69, 9.17) is 21.1 Å². The molecule has 3 rings (SSSR count). The van der Waals surface area contributed by atoms with E-state index in [0.717, 1.165) is 26.7 Å². The largest absolute Gasteiger partial charge is 0.490 e. The van der Waals surface area contributed by atoms with Crippen LogP contribution in [0.1, 0.15) is 36.1 Å². The van der Waals surface area contributed by atoms with Crippen molar-refractivity contribution in [2.75, 3.05) is 6.61 Å². The van der Waals surface area contributed by atoms with Gasteiger partial charge in [-0.05, 0) is 82.5 Å². The molecule has 33 heavy (non-hydrogen) atoms. The van der Waals surface area contributed by atoms with Crippen LogP contribution in [-0.4, -0.2) is 18.7 Å². The molecular weight excluding hydrogens is 551 g/mol. The number of hydrogen-bond acceptors (Lipinski definition) is 4. The van der Waals surface area contributed by atoms with Gasteiger partial charge >= 0.3 is 0 Å². The summed E-state index contributed by atoms with van der Waals surface area (Å²) in [6, 6.07) is 19.3. The molecule has 3 aromatic rings. The number of nitrogens with zero attached hydrogens (tertiary/aromatic N) is 1. The predicted octanol–water partition coefficient (Wildman–Crippen LogP) is 6.18. The molecule has 0 aromatic heterocycles. The van der Waals surface area contributed by atoms with Gasteiger partial charge in [-0.2, -0.15) is 5.10 Å². The monoisotopic (exact) mass is 576 g/mol. The first-order valence-electron chi connectivity index (χ1n) is 10.7. The molecule has 0 atom stereocenters. The summed E-state index contributed by atoms with van der Waals surface area (Å²) in [6.45, 7) is 4.92. The summed E-state index contributed by atoms with van der Waals surface area (Å²) in [5, 5.41) is 4.80. The van der Waals surface area contributed by atoms with Crippen molar-refractivity contribution in [2.24, 2.45) is 5.10 Å². The van der Waals surface area contributed by atoms with Gasteiger partial charge in [0.1, 0.15) is 6.61 Å². The number of hydrazone groups is 1. The molecule has 0 heterocycles. The highest BCUT2D eigenvalue weighted by atomic mass is 127. The maximum Gasteiger partial charge on any atom is 0.244 e. The van der Waals surface area contributed by atoms with Crippen molar-refractivity contribution < 1.29 is 14.3 Å². The Morgan fingerprint density at radius 3 is 2.33 bits per heavy atom. The summed E-state index contributed by atoms with van der Waals surface area (Å²) in [4.78, 5) is 12.2. The van der Waals surface area contributed by atoms with Crippen molar-refractivity contribution in [2.45, 2.75) is 33.3 Å². The third-order valence-electron chi connectivity index (χ3n) is 4.83. The minimum atomic E-state index is -0.168. The Labute approximate surface area is 213 Å². The van der Waals surface area contributed by atoms with Gasteiger partial charge in [-0.1, -0.05) is 54.9 Å².